The molecule has 2 nitrogen and oxygen atoms in total. The Bertz CT molecular complexity index is 472. The molecule has 0 fully saturated rings. The van der Waals surface area contributed by atoms with E-state index in [4.69, 9.17) is 0 Å². The Balaban J connectivity index is 1.73. The summed E-state index contributed by atoms with van der Waals surface area (Å²) < 4.78 is 1.13. The average molecular weight is 335 g/mol. The third-order valence-electron chi connectivity index (χ3n) is 3.49. The van der Waals surface area contributed by atoms with Gasteiger partial charge in [0.2, 0.25) is 0 Å². The van der Waals surface area contributed by atoms with E-state index in [0.717, 1.165) is 23.9 Å². The predicted molar refractivity (Wildman–Crippen MR) is 85.7 cm³/mol. The van der Waals surface area contributed by atoms with Gasteiger partial charge >= 0.3 is 0 Å². The van der Waals surface area contributed by atoms with Crippen molar-refractivity contribution in [1.29, 1.82) is 0 Å². The number of aryl methyl sites for hydroxylation is 1. The maximum absolute atomic E-state index is 9.25. The number of halogens is 1. The van der Waals surface area contributed by atoms with Crippen molar-refractivity contribution in [3.05, 3.63) is 64.1 Å². The fraction of sp³-hybridized carbons (Fsp3) is 0.294. The van der Waals surface area contributed by atoms with Crippen LogP contribution in [0.25, 0.3) is 0 Å². The lowest BCUT2D eigenvalue weighted by Crippen LogP contribution is -2.87. The fourth-order valence-electron chi connectivity index (χ4n) is 2.13. The number of aromatic hydroxyl groups is 1. The average Bonchev–Trinajstić information content (AvgIpc) is 2.46. The van der Waals surface area contributed by atoms with Crippen molar-refractivity contribution in [2.24, 2.45) is 0 Å². The largest absolute Gasteiger partial charge is 0.508 e. The van der Waals surface area contributed by atoms with Gasteiger partial charge in [-0.2, -0.15) is 0 Å². The highest BCUT2D eigenvalue weighted by atomic mass is 79.9. The molecule has 0 saturated carbocycles. The van der Waals surface area contributed by atoms with E-state index in [1.807, 2.05) is 12.1 Å². The van der Waals surface area contributed by atoms with Crippen molar-refractivity contribution in [3.63, 3.8) is 0 Å². The second-order valence-electron chi connectivity index (χ2n) is 5.25. The maximum atomic E-state index is 9.25. The van der Waals surface area contributed by atoms with Gasteiger partial charge in [-0.15, -0.1) is 0 Å². The molecule has 106 valence electrons. The van der Waals surface area contributed by atoms with Gasteiger partial charge in [-0.05, 0) is 43.2 Å². The van der Waals surface area contributed by atoms with Gasteiger partial charge < -0.3 is 10.4 Å². The van der Waals surface area contributed by atoms with Crippen molar-refractivity contribution >= 4 is 15.9 Å². The van der Waals surface area contributed by atoms with E-state index in [1.165, 1.54) is 11.1 Å². The number of nitrogens with two attached hydrogens (primary N) is 1. The second-order valence-corrected chi connectivity index (χ2v) is 6.16. The lowest BCUT2D eigenvalue weighted by atomic mass is 10.1. The van der Waals surface area contributed by atoms with E-state index < -0.39 is 0 Å². The molecule has 2 aromatic rings. The minimum Gasteiger partial charge on any atom is -0.508 e. The molecule has 0 heterocycles. The van der Waals surface area contributed by atoms with Crippen LogP contribution >= 0.6 is 15.9 Å². The maximum Gasteiger partial charge on any atom is 0.115 e. The first-order valence-electron chi connectivity index (χ1n) is 6.99. The highest BCUT2D eigenvalue weighted by Gasteiger charge is 2.06. The van der Waals surface area contributed by atoms with Gasteiger partial charge in [0.05, 0.1) is 6.04 Å². The summed E-state index contributed by atoms with van der Waals surface area (Å²) in [5, 5.41) is 11.6. The monoisotopic (exact) mass is 334 g/mol. The van der Waals surface area contributed by atoms with E-state index >= 15 is 0 Å². The zero-order valence-electron chi connectivity index (χ0n) is 11.7. The molecule has 0 aliphatic carbocycles. The smallest absolute Gasteiger partial charge is 0.115 e. The third kappa shape index (κ3) is 4.99. The summed E-state index contributed by atoms with van der Waals surface area (Å²) in [5.74, 6) is 0.337. The lowest BCUT2D eigenvalue weighted by molar-refractivity contribution is -0.701. The highest BCUT2D eigenvalue weighted by Crippen LogP contribution is 2.12. The quantitative estimate of drug-likeness (QED) is 0.835. The van der Waals surface area contributed by atoms with Crippen molar-refractivity contribution in [3.8, 4) is 5.75 Å². The molecule has 20 heavy (non-hydrogen) atoms. The van der Waals surface area contributed by atoms with Gasteiger partial charge in [0.15, 0.2) is 0 Å². The molecule has 2 aromatic carbocycles. The first-order chi connectivity index (χ1) is 9.63. The predicted octanol–water partition coefficient (Wildman–Crippen LogP) is 3.24. The molecule has 0 unspecified atom stereocenters. The van der Waals surface area contributed by atoms with Crippen LogP contribution in [0.2, 0.25) is 0 Å². The van der Waals surface area contributed by atoms with Gasteiger partial charge in [-0.3, -0.25) is 0 Å². The summed E-state index contributed by atoms with van der Waals surface area (Å²) in [4.78, 5) is 0. The summed E-state index contributed by atoms with van der Waals surface area (Å²) >= 11 is 3.45. The van der Waals surface area contributed by atoms with E-state index in [2.05, 4.69) is 52.4 Å². The lowest BCUT2D eigenvalue weighted by Gasteiger charge is -2.11. The molecule has 1 atom stereocenters. The second kappa shape index (κ2) is 7.46. The van der Waals surface area contributed by atoms with Crippen LogP contribution in [0.4, 0.5) is 0 Å². The Morgan fingerprint density at radius 2 is 1.60 bits per heavy atom. The summed E-state index contributed by atoms with van der Waals surface area (Å²) in [6.07, 6.45) is 2.19. The molecule has 2 rings (SSSR count). The molecule has 3 heteroatoms. The van der Waals surface area contributed by atoms with E-state index in [9.17, 15) is 5.11 Å². The van der Waals surface area contributed by atoms with E-state index in [-0.39, 0.29) is 0 Å². The Kier molecular flexibility index (Phi) is 5.62. The standard InChI is InChI=1S/C17H20BrNO/c1-13(2-3-14-6-10-17(20)11-7-14)19-12-15-4-8-16(18)9-5-15/h4-11,13,19-20H,2-3,12H2,1H3/p+1/t13-/m0/s1. The number of phenolic OH excluding ortho intramolecular Hbond substituents is 1. The van der Waals surface area contributed by atoms with Crippen LogP contribution in [-0.4, -0.2) is 11.1 Å². The van der Waals surface area contributed by atoms with Crippen LogP contribution in [0.1, 0.15) is 24.5 Å². The molecule has 0 aromatic heterocycles. The molecule has 0 bridgehead atoms. The van der Waals surface area contributed by atoms with Gasteiger partial charge in [-0.25, -0.2) is 0 Å². The zero-order chi connectivity index (χ0) is 14.4. The summed E-state index contributed by atoms with van der Waals surface area (Å²) in [6.45, 7) is 3.28. The summed E-state index contributed by atoms with van der Waals surface area (Å²) in [7, 11) is 0. The Labute approximate surface area is 129 Å². The summed E-state index contributed by atoms with van der Waals surface area (Å²) in [5.41, 5.74) is 2.64. The van der Waals surface area contributed by atoms with Crippen LogP contribution in [0.3, 0.4) is 0 Å². The van der Waals surface area contributed by atoms with Gasteiger partial charge in [0.25, 0.3) is 0 Å². The van der Waals surface area contributed by atoms with E-state index in [1.54, 1.807) is 12.1 Å². The Hall–Kier alpha value is -1.32. The molecule has 0 radical (unpaired) electrons. The van der Waals surface area contributed by atoms with Crippen LogP contribution in [0.15, 0.2) is 53.0 Å². The molecule has 0 aliphatic rings. The van der Waals surface area contributed by atoms with Crippen molar-refractivity contribution in [1.82, 2.24) is 0 Å². The van der Waals surface area contributed by atoms with Crippen LogP contribution in [0.5, 0.6) is 5.75 Å². The Morgan fingerprint density at radius 3 is 2.25 bits per heavy atom. The fourth-order valence-corrected chi connectivity index (χ4v) is 2.40. The molecule has 0 spiro atoms. The highest BCUT2D eigenvalue weighted by molar-refractivity contribution is 9.10. The normalized spacial score (nSPS) is 12.3. The number of benzene rings is 2. The van der Waals surface area contributed by atoms with Crippen LogP contribution in [-0.2, 0) is 13.0 Å². The zero-order valence-corrected chi connectivity index (χ0v) is 13.3. The van der Waals surface area contributed by atoms with Gasteiger partial charge in [-0.1, -0.05) is 40.2 Å². The minimum atomic E-state index is 0.337. The molecular weight excluding hydrogens is 314 g/mol. The van der Waals surface area contributed by atoms with Crippen molar-refractivity contribution < 1.29 is 10.4 Å². The molecule has 0 amide bonds. The molecule has 0 saturated heterocycles. The number of rotatable bonds is 6. The van der Waals surface area contributed by atoms with Gasteiger partial charge in [0.1, 0.15) is 12.3 Å². The molecular formula is C17H21BrNO+. The van der Waals surface area contributed by atoms with Crippen molar-refractivity contribution in [2.75, 3.05) is 0 Å². The van der Waals surface area contributed by atoms with Crippen molar-refractivity contribution in [2.45, 2.75) is 32.4 Å². The van der Waals surface area contributed by atoms with Crippen LogP contribution < -0.4 is 5.32 Å². The third-order valence-corrected chi connectivity index (χ3v) is 4.02. The number of hydrogen-bond acceptors (Lipinski definition) is 1. The first-order valence-corrected chi connectivity index (χ1v) is 7.78. The van der Waals surface area contributed by atoms with Gasteiger partial charge in [0, 0.05) is 16.5 Å². The minimum absolute atomic E-state index is 0.337. The SMILES string of the molecule is C[C@@H](CCc1ccc(O)cc1)[NH2+]Cc1ccc(Br)cc1. The molecule has 0 aliphatic heterocycles. The number of phenols is 1. The first kappa shape index (κ1) is 15.1. The van der Waals surface area contributed by atoms with E-state index in [0.29, 0.717) is 11.8 Å². The number of hydrogen-bond donors (Lipinski definition) is 2. The van der Waals surface area contributed by atoms with Crippen LogP contribution in [0, 0.1) is 0 Å². The topological polar surface area (TPSA) is 36.8 Å². The Morgan fingerprint density at radius 1 is 1.00 bits per heavy atom. The number of quaternary nitrogens is 1. The molecule has 3 N–H and O–H groups in total. The summed E-state index contributed by atoms with van der Waals surface area (Å²) in [6, 6.07) is 16.6.